The molecule has 0 saturated heterocycles. The molecule has 158 valence electrons. The monoisotopic (exact) mass is 409 g/mol. The van der Waals surface area contributed by atoms with Crippen LogP contribution in [0.25, 0.3) is 6.08 Å². The predicted molar refractivity (Wildman–Crippen MR) is 116 cm³/mol. The van der Waals surface area contributed by atoms with Gasteiger partial charge in [-0.1, -0.05) is 38.1 Å². The van der Waals surface area contributed by atoms with E-state index in [2.05, 4.69) is 5.32 Å². The number of esters is 1. The Hall–Kier alpha value is -3.28. The molecule has 0 bridgehead atoms. The molecule has 0 atom stereocenters. The number of carbonyl (C=O) groups is 2. The molecule has 0 unspecified atom stereocenters. The highest BCUT2D eigenvalue weighted by Crippen LogP contribution is 2.30. The minimum atomic E-state index is -0.586. The number of para-hydroxylation sites is 1. The zero-order valence-electron chi connectivity index (χ0n) is 17.4. The smallest absolute Gasteiger partial charge is 0.331 e. The summed E-state index contributed by atoms with van der Waals surface area (Å²) in [5, 5.41) is 2.88. The van der Waals surface area contributed by atoms with Crippen molar-refractivity contribution in [2.45, 2.75) is 33.1 Å². The van der Waals surface area contributed by atoms with Gasteiger partial charge in [0.05, 0.1) is 13.2 Å². The van der Waals surface area contributed by atoms with Crippen molar-refractivity contribution in [3.05, 3.63) is 59.2 Å². The Morgan fingerprint density at radius 2 is 1.73 bits per heavy atom. The van der Waals surface area contributed by atoms with Gasteiger partial charge in [-0.05, 0) is 47.7 Å². The average Bonchev–Trinajstić information content (AvgIpc) is 3.01. The number of nitrogens with one attached hydrogen (secondary N) is 1. The van der Waals surface area contributed by atoms with Crippen LogP contribution in [0.4, 0.5) is 5.69 Å². The summed E-state index contributed by atoms with van der Waals surface area (Å²) in [6.45, 7) is 4.95. The number of hydrogen-bond donors (Lipinski definition) is 1. The Morgan fingerprint density at radius 3 is 2.43 bits per heavy atom. The van der Waals surface area contributed by atoms with E-state index in [1.165, 1.54) is 6.08 Å². The van der Waals surface area contributed by atoms with E-state index in [9.17, 15) is 9.59 Å². The third kappa shape index (κ3) is 5.63. The second-order valence-electron chi connectivity index (χ2n) is 6.90. The minimum absolute atomic E-state index is 0.342. The summed E-state index contributed by atoms with van der Waals surface area (Å²) in [7, 11) is 0. The lowest BCUT2D eigenvalue weighted by Crippen LogP contribution is -2.21. The van der Waals surface area contributed by atoms with E-state index in [1.807, 2.05) is 50.2 Å². The molecule has 1 aliphatic heterocycles. The molecule has 6 heteroatoms. The van der Waals surface area contributed by atoms with Crippen LogP contribution in [0.3, 0.4) is 0 Å². The fraction of sp³-hybridized carbons (Fsp3) is 0.333. The van der Waals surface area contributed by atoms with Gasteiger partial charge < -0.3 is 19.5 Å². The SMILES string of the molecule is CCc1cccc(CC)c1NC(=O)COC(=O)/C=C/c1ccc2c(c1)OCCCO2. The number of ether oxygens (including phenoxy) is 3. The Balaban J connectivity index is 1.55. The van der Waals surface area contributed by atoms with Crippen LogP contribution in [0.1, 0.15) is 37.0 Å². The van der Waals surface area contributed by atoms with Gasteiger partial charge in [-0.2, -0.15) is 0 Å². The summed E-state index contributed by atoms with van der Waals surface area (Å²) in [6, 6.07) is 11.4. The number of amides is 1. The van der Waals surface area contributed by atoms with Crippen LogP contribution in [0.5, 0.6) is 11.5 Å². The van der Waals surface area contributed by atoms with Crippen molar-refractivity contribution in [1.29, 1.82) is 0 Å². The molecule has 1 aliphatic rings. The summed E-state index contributed by atoms with van der Waals surface area (Å²) in [4.78, 5) is 24.3. The van der Waals surface area contributed by atoms with E-state index in [4.69, 9.17) is 14.2 Å². The molecule has 0 radical (unpaired) electrons. The van der Waals surface area contributed by atoms with E-state index in [0.717, 1.165) is 41.6 Å². The first kappa shape index (κ1) is 21.4. The lowest BCUT2D eigenvalue weighted by atomic mass is 10.0. The molecule has 6 nitrogen and oxygen atoms in total. The summed E-state index contributed by atoms with van der Waals surface area (Å²) in [6.07, 6.45) is 5.36. The summed E-state index contributed by atoms with van der Waals surface area (Å²) >= 11 is 0. The second kappa shape index (κ2) is 10.5. The molecule has 0 spiro atoms. The summed E-state index contributed by atoms with van der Waals surface area (Å²) in [5.41, 5.74) is 3.71. The lowest BCUT2D eigenvalue weighted by Gasteiger charge is -2.14. The molecule has 2 aromatic carbocycles. The molecule has 3 rings (SSSR count). The Bertz CT molecular complexity index is 913. The van der Waals surface area contributed by atoms with Crippen molar-refractivity contribution in [3.63, 3.8) is 0 Å². The number of rotatable bonds is 7. The average molecular weight is 409 g/mol. The Labute approximate surface area is 176 Å². The third-order valence-corrected chi connectivity index (χ3v) is 4.79. The van der Waals surface area contributed by atoms with Crippen LogP contribution in [0, 0.1) is 0 Å². The highest BCUT2D eigenvalue weighted by atomic mass is 16.5. The third-order valence-electron chi connectivity index (χ3n) is 4.79. The van der Waals surface area contributed by atoms with Gasteiger partial charge in [0, 0.05) is 18.2 Å². The largest absolute Gasteiger partial charge is 0.490 e. The number of fused-ring (bicyclic) bond motifs is 1. The normalized spacial score (nSPS) is 13.0. The predicted octanol–water partition coefficient (Wildman–Crippen LogP) is 4.17. The van der Waals surface area contributed by atoms with E-state index in [-0.39, 0.29) is 12.5 Å². The van der Waals surface area contributed by atoms with Crippen molar-refractivity contribution in [3.8, 4) is 11.5 Å². The maximum Gasteiger partial charge on any atom is 0.331 e. The Kier molecular flexibility index (Phi) is 7.49. The molecule has 1 N–H and O–H groups in total. The van der Waals surface area contributed by atoms with Gasteiger partial charge in [0.25, 0.3) is 5.91 Å². The highest BCUT2D eigenvalue weighted by molar-refractivity contribution is 5.95. The first-order chi connectivity index (χ1) is 14.6. The maximum absolute atomic E-state index is 12.3. The van der Waals surface area contributed by atoms with Gasteiger partial charge in [-0.15, -0.1) is 0 Å². The molecule has 0 aromatic heterocycles. The zero-order chi connectivity index (χ0) is 21.3. The number of benzene rings is 2. The van der Waals surface area contributed by atoms with Crippen molar-refractivity contribution in [2.24, 2.45) is 0 Å². The number of aryl methyl sites for hydroxylation is 2. The molecule has 1 amide bonds. The Morgan fingerprint density at radius 1 is 1.03 bits per heavy atom. The van der Waals surface area contributed by atoms with Crippen LogP contribution < -0.4 is 14.8 Å². The first-order valence-corrected chi connectivity index (χ1v) is 10.3. The number of carbonyl (C=O) groups excluding carboxylic acids is 2. The summed E-state index contributed by atoms with van der Waals surface area (Å²) < 4.78 is 16.3. The van der Waals surface area contributed by atoms with Gasteiger partial charge in [0.2, 0.25) is 0 Å². The summed E-state index contributed by atoms with van der Waals surface area (Å²) in [5.74, 6) is 0.408. The second-order valence-corrected chi connectivity index (χ2v) is 6.90. The zero-order valence-corrected chi connectivity index (χ0v) is 17.4. The van der Waals surface area contributed by atoms with Crippen LogP contribution >= 0.6 is 0 Å². The lowest BCUT2D eigenvalue weighted by molar-refractivity contribution is -0.142. The van der Waals surface area contributed by atoms with Gasteiger partial charge in [-0.25, -0.2) is 4.79 Å². The van der Waals surface area contributed by atoms with Crippen molar-refractivity contribution in [1.82, 2.24) is 0 Å². The van der Waals surface area contributed by atoms with E-state index in [1.54, 1.807) is 6.08 Å². The maximum atomic E-state index is 12.3. The van der Waals surface area contributed by atoms with Gasteiger partial charge in [0.1, 0.15) is 0 Å². The van der Waals surface area contributed by atoms with E-state index < -0.39 is 5.97 Å². The molecule has 2 aromatic rings. The molecular formula is C24H27NO5. The van der Waals surface area contributed by atoms with Crippen molar-refractivity contribution >= 4 is 23.6 Å². The standard InChI is InChI=1S/C24H27NO5/c1-3-18-7-5-8-19(4-2)24(18)25-22(26)16-30-23(27)12-10-17-9-11-20-21(15-17)29-14-6-13-28-20/h5,7-12,15H,3-4,6,13-14,16H2,1-2H3,(H,25,26)/b12-10+. The van der Waals surface area contributed by atoms with E-state index in [0.29, 0.717) is 24.7 Å². The van der Waals surface area contributed by atoms with Crippen LogP contribution in [0.2, 0.25) is 0 Å². The number of anilines is 1. The van der Waals surface area contributed by atoms with Gasteiger partial charge in [-0.3, -0.25) is 4.79 Å². The van der Waals surface area contributed by atoms with Crippen molar-refractivity contribution < 1.29 is 23.8 Å². The van der Waals surface area contributed by atoms with Crippen LogP contribution in [-0.4, -0.2) is 31.7 Å². The molecular weight excluding hydrogens is 382 g/mol. The molecule has 30 heavy (non-hydrogen) atoms. The topological polar surface area (TPSA) is 73.9 Å². The van der Waals surface area contributed by atoms with Crippen molar-refractivity contribution in [2.75, 3.05) is 25.1 Å². The molecule has 1 heterocycles. The molecule has 0 fully saturated rings. The van der Waals surface area contributed by atoms with Crippen LogP contribution in [0.15, 0.2) is 42.5 Å². The van der Waals surface area contributed by atoms with Crippen LogP contribution in [-0.2, 0) is 27.2 Å². The fourth-order valence-corrected chi connectivity index (χ4v) is 3.21. The first-order valence-electron chi connectivity index (χ1n) is 10.3. The quantitative estimate of drug-likeness (QED) is 0.549. The molecule has 0 saturated carbocycles. The fourth-order valence-electron chi connectivity index (χ4n) is 3.21. The minimum Gasteiger partial charge on any atom is -0.490 e. The van der Waals surface area contributed by atoms with E-state index >= 15 is 0 Å². The van der Waals surface area contributed by atoms with Gasteiger partial charge in [0.15, 0.2) is 18.1 Å². The van der Waals surface area contributed by atoms with Gasteiger partial charge >= 0.3 is 5.97 Å². The highest BCUT2D eigenvalue weighted by Gasteiger charge is 2.12. The number of hydrogen-bond acceptors (Lipinski definition) is 5. The molecule has 0 aliphatic carbocycles.